The fourth-order valence-electron chi connectivity index (χ4n) is 2.39. The van der Waals surface area contributed by atoms with Gasteiger partial charge in [-0.1, -0.05) is 37.2 Å². The van der Waals surface area contributed by atoms with Crippen LogP contribution in [0.25, 0.3) is 5.57 Å². The zero-order chi connectivity index (χ0) is 13.8. The van der Waals surface area contributed by atoms with Crippen LogP contribution in [0.15, 0.2) is 30.0 Å². The van der Waals surface area contributed by atoms with Gasteiger partial charge in [-0.05, 0) is 30.9 Å². The summed E-state index contributed by atoms with van der Waals surface area (Å²) in [7, 11) is 1.56. The van der Waals surface area contributed by atoms with E-state index in [-0.39, 0.29) is 7.43 Å². The third-order valence-corrected chi connectivity index (χ3v) is 3.49. The van der Waals surface area contributed by atoms with Gasteiger partial charge in [0.25, 0.3) is 0 Å². The standard InChI is InChI=1S/C14H16ClNO3.CH4/c1-18-13-10(9-5-2-3-7-11(9)15)6-4-8-12(13)19-14(16)17;/h2-3,5,7,12H,4,6,8H2,1H3,(H2,16,17);1H4/t12-;/m0./s1. The second-order valence-corrected chi connectivity index (χ2v) is 4.75. The minimum absolute atomic E-state index is 0. The molecule has 0 fully saturated rings. The number of hydrogen-bond acceptors (Lipinski definition) is 3. The Morgan fingerprint density at radius 3 is 2.70 bits per heavy atom. The first-order valence-corrected chi connectivity index (χ1v) is 6.49. The van der Waals surface area contributed by atoms with Crippen LogP contribution in [-0.4, -0.2) is 19.3 Å². The van der Waals surface area contributed by atoms with Gasteiger partial charge >= 0.3 is 6.09 Å². The van der Waals surface area contributed by atoms with Crippen LogP contribution < -0.4 is 5.73 Å². The molecule has 1 aromatic carbocycles. The van der Waals surface area contributed by atoms with Gasteiger partial charge < -0.3 is 15.2 Å². The molecule has 2 N–H and O–H groups in total. The highest BCUT2D eigenvalue weighted by molar-refractivity contribution is 6.32. The van der Waals surface area contributed by atoms with Gasteiger partial charge in [-0.25, -0.2) is 4.79 Å². The number of hydrogen-bond donors (Lipinski definition) is 1. The fraction of sp³-hybridized carbons (Fsp3) is 0.400. The van der Waals surface area contributed by atoms with Gasteiger partial charge in [-0.2, -0.15) is 0 Å². The Balaban J connectivity index is 0.00000200. The lowest BCUT2D eigenvalue weighted by atomic mass is 9.90. The topological polar surface area (TPSA) is 61.6 Å². The summed E-state index contributed by atoms with van der Waals surface area (Å²) in [6, 6.07) is 7.55. The summed E-state index contributed by atoms with van der Waals surface area (Å²) in [5, 5.41) is 0.659. The fourth-order valence-corrected chi connectivity index (χ4v) is 2.64. The molecule has 5 heteroatoms. The molecule has 20 heavy (non-hydrogen) atoms. The lowest BCUT2D eigenvalue weighted by Gasteiger charge is -2.27. The molecule has 0 radical (unpaired) electrons. The molecule has 0 bridgehead atoms. The Kier molecular flexibility index (Phi) is 5.89. The van der Waals surface area contributed by atoms with Crippen molar-refractivity contribution in [2.75, 3.05) is 7.11 Å². The van der Waals surface area contributed by atoms with Crippen molar-refractivity contribution in [3.8, 4) is 0 Å². The average molecular weight is 298 g/mol. The zero-order valence-electron chi connectivity index (χ0n) is 10.7. The van der Waals surface area contributed by atoms with Gasteiger partial charge in [0.2, 0.25) is 0 Å². The summed E-state index contributed by atoms with van der Waals surface area (Å²) in [6.45, 7) is 0. The summed E-state index contributed by atoms with van der Waals surface area (Å²) in [6.07, 6.45) is 1.22. The van der Waals surface area contributed by atoms with Crippen LogP contribution in [-0.2, 0) is 9.47 Å². The molecule has 0 heterocycles. The highest BCUT2D eigenvalue weighted by atomic mass is 35.5. The number of benzene rings is 1. The molecule has 0 spiro atoms. The molecular formula is C15H20ClNO3. The third-order valence-electron chi connectivity index (χ3n) is 3.16. The molecule has 0 unspecified atom stereocenters. The number of carbonyl (C=O) groups excluding carboxylic acids is 1. The van der Waals surface area contributed by atoms with E-state index in [9.17, 15) is 4.79 Å². The second-order valence-electron chi connectivity index (χ2n) is 4.34. The van der Waals surface area contributed by atoms with E-state index in [1.807, 2.05) is 24.3 Å². The molecule has 110 valence electrons. The highest BCUT2D eigenvalue weighted by Gasteiger charge is 2.28. The zero-order valence-corrected chi connectivity index (χ0v) is 11.4. The van der Waals surface area contributed by atoms with Gasteiger partial charge in [-0.15, -0.1) is 0 Å². The molecule has 0 saturated heterocycles. The van der Waals surface area contributed by atoms with Crippen molar-refractivity contribution in [1.29, 1.82) is 0 Å². The number of allylic oxidation sites excluding steroid dienone is 1. The summed E-state index contributed by atoms with van der Waals surface area (Å²) < 4.78 is 10.5. The highest BCUT2D eigenvalue weighted by Crippen LogP contribution is 2.37. The Labute approximate surface area is 124 Å². The van der Waals surface area contributed by atoms with E-state index < -0.39 is 12.2 Å². The van der Waals surface area contributed by atoms with E-state index in [0.717, 1.165) is 24.0 Å². The summed E-state index contributed by atoms with van der Waals surface area (Å²) in [5.41, 5.74) is 6.98. The van der Waals surface area contributed by atoms with E-state index in [4.69, 9.17) is 26.8 Å². The van der Waals surface area contributed by atoms with Crippen molar-refractivity contribution >= 4 is 23.3 Å². The van der Waals surface area contributed by atoms with Gasteiger partial charge in [0, 0.05) is 10.6 Å². The summed E-state index contributed by atoms with van der Waals surface area (Å²) in [4.78, 5) is 10.9. The molecule has 1 atom stereocenters. The largest absolute Gasteiger partial charge is 0.497 e. The number of nitrogens with two attached hydrogens (primary N) is 1. The van der Waals surface area contributed by atoms with Crippen LogP contribution in [0.4, 0.5) is 4.79 Å². The van der Waals surface area contributed by atoms with E-state index in [1.165, 1.54) is 0 Å². The summed E-state index contributed by atoms with van der Waals surface area (Å²) in [5.74, 6) is 0.637. The molecule has 4 nitrogen and oxygen atoms in total. The van der Waals surface area contributed by atoms with Crippen molar-refractivity contribution in [2.24, 2.45) is 5.73 Å². The number of halogens is 1. The number of rotatable bonds is 3. The minimum atomic E-state index is -0.792. The predicted octanol–water partition coefficient (Wildman–Crippen LogP) is 3.98. The molecule has 2 rings (SSSR count). The van der Waals surface area contributed by atoms with Gasteiger partial charge in [0.1, 0.15) is 5.76 Å². The van der Waals surface area contributed by atoms with Crippen LogP contribution in [0.1, 0.15) is 32.3 Å². The van der Waals surface area contributed by atoms with E-state index >= 15 is 0 Å². The maximum Gasteiger partial charge on any atom is 0.405 e. The Hall–Kier alpha value is -1.68. The SMILES string of the molecule is C.COC1=C(c2ccccc2Cl)CCC[C@@H]1OC(N)=O. The predicted molar refractivity (Wildman–Crippen MR) is 80.4 cm³/mol. The van der Waals surface area contributed by atoms with Gasteiger partial charge in [0.15, 0.2) is 6.10 Å². The molecule has 1 aromatic rings. The molecule has 0 aromatic heterocycles. The Bertz CT molecular complexity index is 514. The van der Waals surface area contributed by atoms with Gasteiger partial charge in [-0.3, -0.25) is 0 Å². The number of primary amides is 1. The lowest BCUT2D eigenvalue weighted by Crippen LogP contribution is -2.28. The number of carbonyl (C=O) groups is 1. The first kappa shape index (κ1) is 16.4. The van der Waals surface area contributed by atoms with Crippen molar-refractivity contribution in [2.45, 2.75) is 32.8 Å². The average Bonchev–Trinajstić information content (AvgIpc) is 2.38. The van der Waals surface area contributed by atoms with E-state index in [1.54, 1.807) is 7.11 Å². The maximum atomic E-state index is 10.9. The quantitative estimate of drug-likeness (QED) is 0.918. The maximum absolute atomic E-state index is 10.9. The number of amides is 1. The molecular weight excluding hydrogens is 278 g/mol. The van der Waals surface area contributed by atoms with Crippen molar-refractivity contribution in [3.05, 3.63) is 40.6 Å². The van der Waals surface area contributed by atoms with Crippen molar-refractivity contribution in [1.82, 2.24) is 0 Å². The van der Waals surface area contributed by atoms with E-state index in [0.29, 0.717) is 17.2 Å². The normalized spacial score (nSPS) is 18.2. The Morgan fingerprint density at radius 1 is 1.40 bits per heavy atom. The lowest BCUT2D eigenvalue weighted by molar-refractivity contribution is 0.0788. The van der Waals surface area contributed by atoms with Crippen LogP contribution in [0, 0.1) is 0 Å². The molecule has 1 aliphatic rings. The van der Waals surface area contributed by atoms with Crippen molar-refractivity contribution < 1.29 is 14.3 Å². The minimum Gasteiger partial charge on any atom is -0.497 e. The van der Waals surface area contributed by atoms with Crippen LogP contribution in [0.3, 0.4) is 0 Å². The second kappa shape index (κ2) is 7.20. The first-order chi connectivity index (χ1) is 9.13. The smallest absolute Gasteiger partial charge is 0.405 e. The molecule has 1 amide bonds. The monoisotopic (exact) mass is 297 g/mol. The van der Waals surface area contributed by atoms with Crippen LogP contribution >= 0.6 is 11.6 Å². The molecule has 0 saturated carbocycles. The molecule has 0 aliphatic heterocycles. The van der Waals surface area contributed by atoms with Crippen LogP contribution in [0.2, 0.25) is 5.02 Å². The summed E-state index contributed by atoms with van der Waals surface area (Å²) >= 11 is 6.21. The van der Waals surface area contributed by atoms with Crippen molar-refractivity contribution in [3.63, 3.8) is 0 Å². The Morgan fingerprint density at radius 2 is 2.10 bits per heavy atom. The molecule has 1 aliphatic carbocycles. The first-order valence-electron chi connectivity index (χ1n) is 6.11. The van der Waals surface area contributed by atoms with Gasteiger partial charge in [0.05, 0.1) is 7.11 Å². The number of ether oxygens (including phenoxy) is 2. The number of methoxy groups -OCH3 is 1. The third kappa shape index (κ3) is 3.45. The van der Waals surface area contributed by atoms with Crippen LogP contribution in [0.5, 0.6) is 0 Å². The van der Waals surface area contributed by atoms with E-state index in [2.05, 4.69) is 0 Å².